The average Bonchev–Trinajstić information content (AvgIpc) is 2.14. The monoisotopic (exact) mass is 200 g/mol. The molecule has 0 bridgehead atoms. The molecule has 0 aliphatic heterocycles. The third-order valence-electron chi connectivity index (χ3n) is 1.58. The van der Waals surface area contributed by atoms with Gasteiger partial charge in [-0.3, -0.25) is 0 Å². The number of anilines is 1. The van der Waals surface area contributed by atoms with Crippen LogP contribution in [0.4, 0.5) is 18.9 Å². The number of hydrogen-bond acceptors (Lipinski definition) is 2. The van der Waals surface area contributed by atoms with Gasteiger partial charge < -0.3 is 5.32 Å². The fraction of sp³-hybridized carbons (Fsp3) is 0.222. The maximum Gasteiger partial charge on any atom is 0.416 e. The highest BCUT2D eigenvalue weighted by Gasteiger charge is 2.29. The number of nitrogens with one attached hydrogen (secondary N) is 1. The van der Waals surface area contributed by atoms with Gasteiger partial charge in [0, 0.05) is 5.69 Å². The highest BCUT2D eigenvalue weighted by atomic mass is 19.4. The quantitative estimate of drug-likeness (QED) is 0.745. The van der Waals surface area contributed by atoms with Crippen LogP contribution in [0.2, 0.25) is 0 Å². The number of hydrogen-bond donors (Lipinski definition) is 1. The SMILES string of the molecule is N#CCNc1ccc(C(F)(F)F)cc1. The van der Waals surface area contributed by atoms with E-state index in [4.69, 9.17) is 5.26 Å². The molecule has 2 nitrogen and oxygen atoms in total. The largest absolute Gasteiger partial charge is 0.416 e. The topological polar surface area (TPSA) is 35.8 Å². The number of nitriles is 1. The van der Waals surface area contributed by atoms with Gasteiger partial charge >= 0.3 is 6.18 Å². The summed E-state index contributed by atoms with van der Waals surface area (Å²) in [7, 11) is 0. The first-order chi connectivity index (χ1) is 6.54. The lowest BCUT2D eigenvalue weighted by molar-refractivity contribution is -0.137. The van der Waals surface area contributed by atoms with Crippen molar-refractivity contribution in [2.75, 3.05) is 11.9 Å². The van der Waals surface area contributed by atoms with Crippen molar-refractivity contribution in [2.45, 2.75) is 6.18 Å². The van der Waals surface area contributed by atoms with Gasteiger partial charge in [0.15, 0.2) is 0 Å². The average molecular weight is 200 g/mol. The van der Waals surface area contributed by atoms with Crippen LogP contribution in [0.5, 0.6) is 0 Å². The van der Waals surface area contributed by atoms with Crippen LogP contribution in [0.1, 0.15) is 5.56 Å². The molecule has 1 rings (SSSR count). The van der Waals surface area contributed by atoms with Gasteiger partial charge in [-0.2, -0.15) is 18.4 Å². The molecule has 0 saturated carbocycles. The minimum atomic E-state index is -4.31. The summed E-state index contributed by atoms with van der Waals surface area (Å²) in [5.41, 5.74) is -0.195. The molecule has 1 aromatic rings. The van der Waals surface area contributed by atoms with E-state index >= 15 is 0 Å². The predicted octanol–water partition coefficient (Wildman–Crippen LogP) is 2.64. The van der Waals surface area contributed by atoms with E-state index in [-0.39, 0.29) is 6.54 Å². The Labute approximate surface area is 79.0 Å². The van der Waals surface area contributed by atoms with Gasteiger partial charge in [0.05, 0.1) is 11.6 Å². The Balaban J connectivity index is 2.75. The Hall–Kier alpha value is -1.70. The predicted molar refractivity (Wildman–Crippen MR) is 45.5 cm³/mol. The molecule has 0 radical (unpaired) electrons. The Kier molecular flexibility index (Phi) is 2.97. The molecule has 0 amide bonds. The number of halogens is 3. The van der Waals surface area contributed by atoms with Crippen LogP contribution in [-0.2, 0) is 6.18 Å². The van der Waals surface area contributed by atoms with Crippen LogP contribution in [0.15, 0.2) is 24.3 Å². The molecule has 1 N–H and O–H groups in total. The normalized spacial score (nSPS) is 10.7. The van der Waals surface area contributed by atoms with Crippen LogP contribution in [0.25, 0.3) is 0 Å². The van der Waals surface area contributed by atoms with Gasteiger partial charge in [0.2, 0.25) is 0 Å². The van der Waals surface area contributed by atoms with Gasteiger partial charge in [0.1, 0.15) is 6.54 Å². The molecule has 1 aromatic carbocycles. The highest BCUT2D eigenvalue weighted by molar-refractivity contribution is 5.45. The Morgan fingerprint density at radius 1 is 1.21 bits per heavy atom. The second-order valence-electron chi connectivity index (χ2n) is 2.59. The highest BCUT2D eigenvalue weighted by Crippen LogP contribution is 2.29. The van der Waals surface area contributed by atoms with Crippen LogP contribution in [0.3, 0.4) is 0 Å². The smallest absolute Gasteiger partial charge is 0.372 e. The number of alkyl halides is 3. The summed E-state index contributed by atoms with van der Waals surface area (Å²) in [5, 5.41) is 10.9. The zero-order valence-corrected chi connectivity index (χ0v) is 7.10. The number of benzene rings is 1. The Bertz CT molecular complexity index is 335. The zero-order valence-electron chi connectivity index (χ0n) is 7.10. The van der Waals surface area contributed by atoms with E-state index in [9.17, 15) is 13.2 Å². The van der Waals surface area contributed by atoms with Crippen LogP contribution in [0, 0.1) is 11.3 Å². The van der Waals surface area contributed by atoms with Crippen molar-refractivity contribution < 1.29 is 13.2 Å². The molecule has 0 saturated heterocycles. The van der Waals surface area contributed by atoms with E-state index in [1.54, 1.807) is 0 Å². The van der Waals surface area contributed by atoms with Gasteiger partial charge in [-0.25, -0.2) is 0 Å². The van der Waals surface area contributed by atoms with Crippen LogP contribution in [-0.4, -0.2) is 6.54 Å². The maximum atomic E-state index is 12.1. The summed E-state index contributed by atoms with van der Waals surface area (Å²) in [6, 6.07) is 6.36. The van der Waals surface area contributed by atoms with Gasteiger partial charge in [0.25, 0.3) is 0 Å². The van der Waals surface area contributed by atoms with Crippen molar-refractivity contribution in [3.05, 3.63) is 29.8 Å². The summed E-state index contributed by atoms with van der Waals surface area (Å²) in [6.45, 7) is 0.0748. The molecule has 0 aliphatic rings. The number of nitrogens with zero attached hydrogens (tertiary/aromatic N) is 1. The molecule has 0 aromatic heterocycles. The summed E-state index contributed by atoms with van der Waals surface area (Å²) in [6.07, 6.45) is -4.31. The minimum Gasteiger partial charge on any atom is -0.372 e. The van der Waals surface area contributed by atoms with Crippen molar-refractivity contribution in [1.29, 1.82) is 5.26 Å². The van der Waals surface area contributed by atoms with Crippen LogP contribution >= 0.6 is 0 Å². The molecular weight excluding hydrogens is 193 g/mol. The number of rotatable bonds is 2. The van der Waals surface area contributed by atoms with Crippen molar-refractivity contribution >= 4 is 5.69 Å². The Morgan fingerprint density at radius 2 is 1.79 bits per heavy atom. The molecule has 0 aliphatic carbocycles. The van der Waals surface area contributed by atoms with E-state index in [1.165, 1.54) is 12.1 Å². The first-order valence-electron chi connectivity index (χ1n) is 3.82. The summed E-state index contributed by atoms with van der Waals surface area (Å²) in [5.74, 6) is 0. The summed E-state index contributed by atoms with van der Waals surface area (Å²) < 4.78 is 36.3. The molecule has 14 heavy (non-hydrogen) atoms. The van der Waals surface area contributed by atoms with Crippen molar-refractivity contribution in [3.8, 4) is 6.07 Å². The third-order valence-corrected chi connectivity index (χ3v) is 1.58. The van der Waals surface area contributed by atoms with E-state index in [2.05, 4.69) is 5.32 Å². The lowest BCUT2D eigenvalue weighted by Crippen LogP contribution is -2.05. The van der Waals surface area contributed by atoms with Crippen molar-refractivity contribution in [3.63, 3.8) is 0 Å². The standard InChI is InChI=1S/C9H7F3N2/c10-9(11,12)7-1-3-8(4-2-7)14-6-5-13/h1-4,14H,6H2. The molecule has 0 unspecified atom stereocenters. The fourth-order valence-electron chi connectivity index (χ4n) is 0.919. The summed E-state index contributed by atoms with van der Waals surface area (Å²) >= 11 is 0. The molecule has 5 heteroatoms. The second kappa shape index (κ2) is 4.01. The minimum absolute atomic E-state index is 0.0748. The van der Waals surface area contributed by atoms with E-state index < -0.39 is 11.7 Å². The van der Waals surface area contributed by atoms with Crippen molar-refractivity contribution in [1.82, 2.24) is 0 Å². The molecular formula is C9H7F3N2. The molecule has 0 heterocycles. The Morgan fingerprint density at radius 3 is 2.21 bits per heavy atom. The van der Waals surface area contributed by atoms with E-state index in [0.29, 0.717) is 5.69 Å². The van der Waals surface area contributed by atoms with Crippen LogP contribution < -0.4 is 5.32 Å². The zero-order chi connectivity index (χ0) is 10.6. The molecule has 74 valence electrons. The molecule has 0 spiro atoms. The van der Waals surface area contributed by atoms with Gasteiger partial charge in [-0.15, -0.1) is 0 Å². The second-order valence-corrected chi connectivity index (χ2v) is 2.59. The van der Waals surface area contributed by atoms with E-state index in [0.717, 1.165) is 12.1 Å². The fourth-order valence-corrected chi connectivity index (χ4v) is 0.919. The van der Waals surface area contributed by atoms with Crippen molar-refractivity contribution in [2.24, 2.45) is 0 Å². The van der Waals surface area contributed by atoms with Gasteiger partial charge in [-0.05, 0) is 24.3 Å². The third kappa shape index (κ3) is 2.66. The lowest BCUT2D eigenvalue weighted by atomic mass is 10.2. The maximum absolute atomic E-state index is 12.1. The first-order valence-corrected chi connectivity index (χ1v) is 3.82. The van der Waals surface area contributed by atoms with Gasteiger partial charge in [-0.1, -0.05) is 0 Å². The molecule has 0 fully saturated rings. The van der Waals surface area contributed by atoms with E-state index in [1.807, 2.05) is 6.07 Å². The first kappa shape index (κ1) is 10.4. The lowest BCUT2D eigenvalue weighted by Gasteiger charge is -2.07. The summed E-state index contributed by atoms with van der Waals surface area (Å²) in [4.78, 5) is 0. The molecule has 0 atom stereocenters.